The van der Waals surface area contributed by atoms with Crippen LogP contribution >= 0.6 is 0 Å². The van der Waals surface area contributed by atoms with Crippen LogP contribution in [0, 0.1) is 11.6 Å². The number of carbonyl (C=O) groups excluding carboxylic acids is 2. The quantitative estimate of drug-likeness (QED) is 0.578. The van der Waals surface area contributed by atoms with Crippen molar-refractivity contribution < 1.29 is 27.8 Å². The van der Waals surface area contributed by atoms with Gasteiger partial charge in [0.1, 0.15) is 17.6 Å². The van der Waals surface area contributed by atoms with Crippen LogP contribution in [0.4, 0.5) is 30.8 Å². The number of carbonyl (C=O) groups is 2. The van der Waals surface area contributed by atoms with Crippen LogP contribution in [0.2, 0.25) is 0 Å². The van der Waals surface area contributed by atoms with Gasteiger partial charge >= 0.3 is 6.09 Å². The summed E-state index contributed by atoms with van der Waals surface area (Å²) in [7, 11) is 1.74. The molecule has 10 nitrogen and oxygen atoms in total. The number of amides is 2. The van der Waals surface area contributed by atoms with Gasteiger partial charge in [-0.2, -0.15) is 0 Å². The van der Waals surface area contributed by atoms with Crippen molar-refractivity contribution in [2.24, 2.45) is 0 Å². The van der Waals surface area contributed by atoms with Crippen molar-refractivity contribution in [1.29, 1.82) is 0 Å². The molecule has 1 aromatic carbocycles. The lowest BCUT2D eigenvalue weighted by Gasteiger charge is -2.36. The highest BCUT2D eigenvalue weighted by Crippen LogP contribution is 2.31. The maximum Gasteiger partial charge on any atom is 0.414 e. The maximum absolute atomic E-state index is 15.1. The van der Waals surface area contributed by atoms with Gasteiger partial charge in [0, 0.05) is 64.1 Å². The number of ether oxygens (including phenoxy) is 2. The Bertz CT molecular complexity index is 1130. The second-order valence-corrected chi connectivity index (χ2v) is 9.60. The van der Waals surface area contributed by atoms with Gasteiger partial charge in [0.2, 0.25) is 5.91 Å². The van der Waals surface area contributed by atoms with E-state index in [0.29, 0.717) is 45.9 Å². The van der Waals surface area contributed by atoms with E-state index in [0.717, 1.165) is 36.6 Å². The molecule has 0 saturated carbocycles. The Morgan fingerprint density at radius 2 is 1.76 bits per heavy atom. The van der Waals surface area contributed by atoms with E-state index >= 15 is 8.78 Å². The lowest BCUT2D eigenvalue weighted by molar-refractivity contribution is -0.130. The lowest BCUT2D eigenvalue weighted by Crippen LogP contribution is -2.49. The van der Waals surface area contributed by atoms with E-state index in [1.807, 2.05) is 12.1 Å². The molecule has 1 unspecified atom stereocenters. The van der Waals surface area contributed by atoms with Crippen molar-refractivity contribution in [3.63, 3.8) is 0 Å². The van der Waals surface area contributed by atoms with Gasteiger partial charge in [-0.1, -0.05) is 6.07 Å². The number of morpholine rings is 1. The van der Waals surface area contributed by atoms with Gasteiger partial charge in [0.25, 0.3) is 0 Å². The number of cyclic esters (lactones) is 1. The predicted octanol–water partition coefficient (Wildman–Crippen LogP) is 1.63. The fourth-order valence-electron chi connectivity index (χ4n) is 5.04. The number of rotatable bonds is 7. The molecule has 3 aliphatic heterocycles. The molecule has 204 valence electrons. The van der Waals surface area contributed by atoms with Crippen LogP contribution in [0.1, 0.15) is 5.56 Å². The van der Waals surface area contributed by atoms with E-state index in [-0.39, 0.29) is 36.4 Å². The first-order valence-corrected chi connectivity index (χ1v) is 12.8. The summed E-state index contributed by atoms with van der Waals surface area (Å²) in [6.07, 6.45) is 0.925. The molecule has 0 radical (unpaired) electrons. The van der Waals surface area contributed by atoms with Gasteiger partial charge in [-0.15, -0.1) is 0 Å². The molecular weight excluding hydrogens is 498 g/mol. The normalized spacial score (nSPS) is 20.2. The largest absolute Gasteiger partial charge is 0.443 e. The number of halogens is 2. The van der Waals surface area contributed by atoms with Crippen LogP contribution in [-0.4, -0.2) is 101 Å². The summed E-state index contributed by atoms with van der Waals surface area (Å²) >= 11 is 0. The van der Waals surface area contributed by atoms with Crippen LogP contribution < -0.4 is 20.0 Å². The number of nitrogens with zero attached hydrogens (tertiary/aromatic N) is 5. The Balaban J connectivity index is 1.17. The van der Waals surface area contributed by atoms with Gasteiger partial charge in [0.05, 0.1) is 31.9 Å². The van der Waals surface area contributed by atoms with Gasteiger partial charge in [-0.3, -0.25) is 9.69 Å². The summed E-state index contributed by atoms with van der Waals surface area (Å²) in [5, 5.41) is 2.92. The predicted molar refractivity (Wildman–Crippen MR) is 138 cm³/mol. The van der Waals surface area contributed by atoms with Crippen molar-refractivity contribution in [3.8, 4) is 0 Å². The Labute approximate surface area is 220 Å². The van der Waals surface area contributed by atoms with E-state index in [2.05, 4.69) is 15.2 Å². The van der Waals surface area contributed by atoms with Gasteiger partial charge in [-0.25, -0.2) is 18.6 Å². The molecule has 1 aromatic heterocycles. The number of nitrogens with one attached hydrogen (secondary N) is 1. The summed E-state index contributed by atoms with van der Waals surface area (Å²) in [4.78, 5) is 36.2. The number of likely N-dealkylation sites (N-methyl/N-ethyl adjacent to an activating group) is 1. The third-order valence-corrected chi connectivity index (χ3v) is 7.07. The Morgan fingerprint density at radius 1 is 1.05 bits per heavy atom. The third-order valence-electron chi connectivity index (χ3n) is 7.07. The molecule has 0 bridgehead atoms. The van der Waals surface area contributed by atoms with E-state index in [1.54, 1.807) is 23.0 Å². The van der Waals surface area contributed by atoms with E-state index in [9.17, 15) is 9.59 Å². The second kappa shape index (κ2) is 11.5. The highest BCUT2D eigenvalue weighted by atomic mass is 19.1. The molecule has 1 N–H and O–H groups in total. The number of anilines is 3. The highest BCUT2D eigenvalue weighted by Gasteiger charge is 2.33. The SMILES string of the molecule is CNCC1CN(c2cc(F)c(N3CCN(C(=O)Cc4ccc(N5CCOCC5)nc4)CC3)c(F)c2)C(=O)O1. The average molecular weight is 531 g/mol. The molecule has 2 amide bonds. The van der Waals surface area contributed by atoms with Crippen molar-refractivity contribution in [3.05, 3.63) is 47.7 Å². The second-order valence-electron chi connectivity index (χ2n) is 9.60. The molecule has 3 aliphatic rings. The molecular formula is C26H32F2N6O4. The van der Waals surface area contributed by atoms with Crippen LogP contribution in [0.25, 0.3) is 0 Å². The van der Waals surface area contributed by atoms with Crippen molar-refractivity contribution in [1.82, 2.24) is 15.2 Å². The Kier molecular flexibility index (Phi) is 7.89. The molecule has 0 spiro atoms. The summed E-state index contributed by atoms with van der Waals surface area (Å²) in [6.45, 7) is 4.89. The molecule has 0 aliphatic carbocycles. The molecule has 38 heavy (non-hydrogen) atoms. The number of hydrogen-bond acceptors (Lipinski definition) is 8. The van der Waals surface area contributed by atoms with Crippen LogP contribution in [0.5, 0.6) is 0 Å². The number of hydrogen-bond donors (Lipinski definition) is 1. The highest BCUT2D eigenvalue weighted by molar-refractivity contribution is 5.90. The topological polar surface area (TPSA) is 90.5 Å². The summed E-state index contributed by atoms with van der Waals surface area (Å²) < 4.78 is 40.7. The molecule has 4 heterocycles. The lowest BCUT2D eigenvalue weighted by atomic mass is 10.1. The number of benzene rings is 1. The minimum absolute atomic E-state index is 0.0504. The minimum Gasteiger partial charge on any atom is -0.443 e. The zero-order valence-corrected chi connectivity index (χ0v) is 21.4. The monoisotopic (exact) mass is 530 g/mol. The molecule has 3 saturated heterocycles. The first kappa shape index (κ1) is 26.1. The smallest absolute Gasteiger partial charge is 0.414 e. The molecule has 2 aromatic rings. The first-order valence-electron chi connectivity index (χ1n) is 12.8. The standard InChI is InChI=1S/C26H32F2N6O4/c1-29-16-20-17-34(26(36)38-20)19-13-21(27)25(22(28)14-19)33-6-4-32(5-7-33)24(35)12-18-2-3-23(30-15-18)31-8-10-37-11-9-31/h2-3,13-15,20,29H,4-12,16-17H2,1H3. The zero-order chi connectivity index (χ0) is 26.6. The number of piperazine rings is 1. The van der Waals surface area contributed by atoms with Gasteiger partial charge in [-0.05, 0) is 18.7 Å². The van der Waals surface area contributed by atoms with E-state index in [4.69, 9.17) is 9.47 Å². The molecule has 12 heteroatoms. The molecule has 3 fully saturated rings. The fourth-order valence-corrected chi connectivity index (χ4v) is 5.04. The minimum atomic E-state index is -0.754. The Hall–Kier alpha value is -3.51. The summed E-state index contributed by atoms with van der Waals surface area (Å²) in [6, 6.07) is 6.15. The van der Waals surface area contributed by atoms with Crippen molar-refractivity contribution in [2.75, 3.05) is 87.3 Å². The van der Waals surface area contributed by atoms with Gasteiger partial charge < -0.3 is 29.5 Å². The fraction of sp³-hybridized carbons (Fsp3) is 0.500. The average Bonchev–Trinajstić information content (AvgIpc) is 3.29. The summed E-state index contributed by atoms with van der Waals surface area (Å²) in [5.74, 6) is -0.690. The third kappa shape index (κ3) is 5.65. The molecule has 5 rings (SSSR count). The van der Waals surface area contributed by atoms with Crippen molar-refractivity contribution >= 4 is 29.2 Å². The van der Waals surface area contributed by atoms with Crippen LogP contribution in [0.15, 0.2) is 30.5 Å². The number of aromatic nitrogens is 1. The number of pyridine rings is 1. The zero-order valence-electron chi connectivity index (χ0n) is 21.4. The maximum atomic E-state index is 15.1. The van der Waals surface area contributed by atoms with E-state index < -0.39 is 17.7 Å². The van der Waals surface area contributed by atoms with Crippen LogP contribution in [-0.2, 0) is 20.7 Å². The van der Waals surface area contributed by atoms with Crippen LogP contribution in [0.3, 0.4) is 0 Å². The Morgan fingerprint density at radius 3 is 2.39 bits per heavy atom. The first-order chi connectivity index (χ1) is 18.4. The van der Waals surface area contributed by atoms with Gasteiger partial charge in [0.15, 0.2) is 11.6 Å². The van der Waals surface area contributed by atoms with Crippen molar-refractivity contribution in [2.45, 2.75) is 12.5 Å². The van der Waals surface area contributed by atoms with E-state index in [1.165, 1.54) is 4.90 Å². The summed E-state index contributed by atoms with van der Waals surface area (Å²) in [5.41, 5.74) is 0.789. The molecule has 1 atom stereocenters.